The Hall–Kier alpha value is -0.300. The molecule has 0 aliphatic heterocycles. The molecule has 0 aromatic rings. The Morgan fingerprint density at radius 3 is 2.08 bits per heavy atom. The monoisotopic (exact) mass is 171 g/mol. The Kier molecular flexibility index (Phi) is 12.7. The maximum absolute atomic E-state index is 2.30. The Labute approximate surface area is 78.5 Å². The van der Waals surface area contributed by atoms with Crippen LogP contribution in [0.3, 0.4) is 0 Å². The second-order valence-electron chi connectivity index (χ2n) is 2.76. The van der Waals surface area contributed by atoms with E-state index in [2.05, 4.69) is 38.8 Å². The lowest BCUT2D eigenvalue weighted by atomic mass is 10.2. The third kappa shape index (κ3) is 9.70. The van der Waals surface area contributed by atoms with Crippen molar-refractivity contribution in [1.82, 2.24) is 4.90 Å². The van der Waals surface area contributed by atoms with Gasteiger partial charge in [-0.05, 0) is 26.9 Å². The molecule has 0 spiro atoms. The van der Waals surface area contributed by atoms with Crippen LogP contribution in [0.5, 0.6) is 0 Å². The predicted molar refractivity (Wildman–Crippen MR) is 58.6 cm³/mol. The van der Waals surface area contributed by atoms with Crippen LogP contribution in [0.2, 0.25) is 0 Å². The highest BCUT2D eigenvalue weighted by atomic mass is 15.1. The van der Waals surface area contributed by atoms with E-state index in [9.17, 15) is 0 Å². The molecule has 0 saturated carbocycles. The molecule has 0 saturated heterocycles. The molecular formula is C11H25N. The van der Waals surface area contributed by atoms with Gasteiger partial charge in [-0.2, -0.15) is 0 Å². The predicted octanol–water partition coefficient (Wildman–Crippen LogP) is 3.32. The van der Waals surface area contributed by atoms with Crippen molar-refractivity contribution in [2.45, 2.75) is 41.0 Å². The quantitative estimate of drug-likeness (QED) is 0.586. The number of hydrogen-bond acceptors (Lipinski definition) is 1. The van der Waals surface area contributed by atoms with Crippen molar-refractivity contribution in [2.24, 2.45) is 0 Å². The molecule has 0 aromatic heterocycles. The van der Waals surface area contributed by atoms with Gasteiger partial charge in [-0.15, -0.1) is 0 Å². The van der Waals surface area contributed by atoms with Crippen LogP contribution >= 0.6 is 0 Å². The molecule has 0 rings (SSSR count). The molecule has 0 bridgehead atoms. The summed E-state index contributed by atoms with van der Waals surface area (Å²) in [6.07, 6.45) is 3.47. The molecule has 12 heavy (non-hydrogen) atoms. The van der Waals surface area contributed by atoms with Crippen molar-refractivity contribution in [3.05, 3.63) is 11.6 Å². The fourth-order valence-electron chi connectivity index (χ4n) is 0.585. The van der Waals surface area contributed by atoms with Crippen molar-refractivity contribution in [3.63, 3.8) is 0 Å². The van der Waals surface area contributed by atoms with Gasteiger partial charge in [0, 0.05) is 6.54 Å². The van der Waals surface area contributed by atoms with Gasteiger partial charge in [-0.3, -0.25) is 0 Å². The molecule has 0 amide bonds. The molecule has 0 radical (unpaired) electrons. The maximum Gasteiger partial charge on any atom is 0.0162 e. The first-order valence-corrected chi connectivity index (χ1v) is 5.04. The van der Waals surface area contributed by atoms with E-state index in [1.165, 1.54) is 12.0 Å². The minimum absolute atomic E-state index is 1.09. The summed E-state index contributed by atoms with van der Waals surface area (Å²) in [5.41, 5.74) is 1.49. The summed E-state index contributed by atoms with van der Waals surface area (Å²) in [6, 6.07) is 0. The van der Waals surface area contributed by atoms with Crippen LogP contribution in [0.15, 0.2) is 11.6 Å². The number of rotatable bonds is 4. The topological polar surface area (TPSA) is 3.24 Å². The van der Waals surface area contributed by atoms with Crippen LogP contribution in [0.25, 0.3) is 0 Å². The number of allylic oxidation sites excluding steroid dienone is 1. The minimum atomic E-state index is 1.09. The lowest BCUT2D eigenvalue weighted by molar-refractivity contribution is 0.391. The van der Waals surface area contributed by atoms with Gasteiger partial charge in [-0.1, -0.05) is 39.3 Å². The molecule has 0 aromatic carbocycles. The van der Waals surface area contributed by atoms with Crippen LogP contribution < -0.4 is 0 Å². The summed E-state index contributed by atoms with van der Waals surface area (Å²) >= 11 is 0. The van der Waals surface area contributed by atoms with E-state index in [4.69, 9.17) is 0 Å². The zero-order valence-electron chi connectivity index (χ0n) is 9.65. The molecule has 0 N–H and O–H groups in total. The first kappa shape index (κ1) is 14.2. The van der Waals surface area contributed by atoms with E-state index in [1.807, 2.05) is 13.8 Å². The van der Waals surface area contributed by atoms with Gasteiger partial charge in [0.05, 0.1) is 0 Å². The molecule has 0 atom stereocenters. The van der Waals surface area contributed by atoms with E-state index in [-0.39, 0.29) is 0 Å². The van der Waals surface area contributed by atoms with Crippen molar-refractivity contribution in [3.8, 4) is 0 Å². The van der Waals surface area contributed by atoms with Crippen molar-refractivity contribution < 1.29 is 0 Å². The molecular weight excluding hydrogens is 146 g/mol. The van der Waals surface area contributed by atoms with Gasteiger partial charge in [0.25, 0.3) is 0 Å². The average Bonchev–Trinajstić information content (AvgIpc) is 2.16. The van der Waals surface area contributed by atoms with Gasteiger partial charge in [0.15, 0.2) is 0 Å². The third-order valence-corrected chi connectivity index (χ3v) is 1.85. The zero-order chi connectivity index (χ0) is 9.98. The molecule has 0 aliphatic rings. The Morgan fingerprint density at radius 1 is 1.25 bits per heavy atom. The summed E-state index contributed by atoms with van der Waals surface area (Å²) in [6.45, 7) is 12.8. The zero-order valence-corrected chi connectivity index (χ0v) is 9.65. The summed E-state index contributed by atoms with van der Waals surface area (Å²) < 4.78 is 0. The second kappa shape index (κ2) is 10.7. The van der Waals surface area contributed by atoms with Crippen LogP contribution in [0, 0.1) is 0 Å². The Morgan fingerprint density at radius 2 is 1.75 bits per heavy atom. The highest BCUT2D eigenvalue weighted by Crippen LogP contribution is 1.97. The smallest absolute Gasteiger partial charge is 0.0162 e. The fourth-order valence-corrected chi connectivity index (χ4v) is 0.585. The van der Waals surface area contributed by atoms with E-state index >= 15 is 0 Å². The van der Waals surface area contributed by atoms with E-state index in [1.54, 1.807) is 0 Å². The second-order valence-corrected chi connectivity index (χ2v) is 2.76. The van der Waals surface area contributed by atoms with Gasteiger partial charge in [0.2, 0.25) is 0 Å². The number of nitrogens with zero attached hydrogens (tertiary/aromatic N) is 1. The molecule has 1 heteroatoms. The Balaban J connectivity index is 0. The summed E-state index contributed by atoms with van der Waals surface area (Å²) in [7, 11) is 2.14. The third-order valence-electron chi connectivity index (χ3n) is 1.85. The summed E-state index contributed by atoms with van der Waals surface area (Å²) in [5.74, 6) is 0. The van der Waals surface area contributed by atoms with E-state index < -0.39 is 0 Å². The van der Waals surface area contributed by atoms with E-state index in [0.717, 1.165) is 13.1 Å². The van der Waals surface area contributed by atoms with E-state index in [0.29, 0.717) is 0 Å². The van der Waals surface area contributed by atoms with Crippen LogP contribution in [0.1, 0.15) is 41.0 Å². The van der Waals surface area contributed by atoms with Crippen LogP contribution in [0.4, 0.5) is 0 Å². The summed E-state index contributed by atoms with van der Waals surface area (Å²) in [4.78, 5) is 2.29. The lowest BCUT2D eigenvalue weighted by Gasteiger charge is -2.10. The van der Waals surface area contributed by atoms with Crippen molar-refractivity contribution in [1.29, 1.82) is 0 Å². The first-order chi connectivity index (χ1) is 5.70. The molecule has 74 valence electrons. The van der Waals surface area contributed by atoms with Gasteiger partial charge < -0.3 is 4.90 Å². The first-order valence-electron chi connectivity index (χ1n) is 5.04. The van der Waals surface area contributed by atoms with Gasteiger partial charge >= 0.3 is 0 Å². The standard InChI is InChI=1S/C9H19N.C2H6/c1-5-9(3)7-8-10(4)6-2;1-2/h7H,5-6,8H2,1-4H3;1-2H3/b9-7-;. The molecule has 1 nitrogen and oxygen atoms in total. The maximum atomic E-state index is 2.30. The largest absolute Gasteiger partial charge is 0.303 e. The molecule has 0 unspecified atom stereocenters. The normalized spacial score (nSPS) is 11.1. The molecule has 0 heterocycles. The van der Waals surface area contributed by atoms with Crippen LogP contribution in [-0.2, 0) is 0 Å². The van der Waals surface area contributed by atoms with Gasteiger partial charge in [-0.25, -0.2) is 0 Å². The highest BCUT2D eigenvalue weighted by Gasteiger charge is 1.89. The molecule has 0 aliphatic carbocycles. The van der Waals surface area contributed by atoms with Crippen molar-refractivity contribution >= 4 is 0 Å². The number of likely N-dealkylation sites (N-methyl/N-ethyl adjacent to an activating group) is 1. The highest BCUT2D eigenvalue weighted by molar-refractivity contribution is 4.97. The van der Waals surface area contributed by atoms with Crippen LogP contribution in [-0.4, -0.2) is 25.0 Å². The summed E-state index contributed by atoms with van der Waals surface area (Å²) in [5, 5.41) is 0. The number of hydrogen-bond donors (Lipinski definition) is 0. The lowest BCUT2D eigenvalue weighted by Crippen LogP contribution is -2.17. The Bertz CT molecular complexity index is 106. The SMILES string of the molecule is CC.CC/C(C)=C\CN(C)CC. The average molecular weight is 171 g/mol. The van der Waals surface area contributed by atoms with Crippen molar-refractivity contribution in [2.75, 3.05) is 20.1 Å². The van der Waals surface area contributed by atoms with Gasteiger partial charge in [0.1, 0.15) is 0 Å². The molecule has 0 fully saturated rings. The minimum Gasteiger partial charge on any atom is -0.303 e. The fraction of sp³-hybridized carbons (Fsp3) is 0.818.